The first-order valence-corrected chi connectivity index (χ1v) is 9.02. The van der Waals surface area contributed by atoms with E-state index >= 15 is 0 Å². The number of aromatic nitrogens is 3. The Morgan fingerprint density at radius 1 is 1.27 bits per heavy atom. The summed E-state index contributed by atoms with van der Waals surface area (Å²) >= 11 is 0. The number of hydrogen-bond acceptors (Lipinski definition) is 5. The zero-order valence-corrected chi connectivity index (χ0v) is 15.3. The van der Waals surface area contributed by atoms with Crippen molar-refractivity contribution in [2.45, 2.75) is 32.6 Å². The van der Waals surface area contributed by atoms with Gasteiger partial charge in [-0.1, -0.05) is 13.0 Å². The third kappa shape index (κ3) is 3.38. The number of carbonyl (C=O) groups is 1. The second-order valence-corrected chi connectivity index (χ2v) is 7.60. The molecule has 2 aliphatic rings. The van der Waals surface area contributed by atoms with Gasteiger partial charge in [0.05, 0.1) is 0 Å². The molecule has 0 aliphatic carbocycles. The van der Waals surface area contributed by atoms with Crippen molar-refractivity contribution in [1.29, 1.82) is 0 Å². The topological polar surface area (TPSA) is 69.5 Å². The van der Waals surface area contributed by atoms with Gasteiger partial charge >= 0.3 is 0 Å². The average molecular weight is 356 g/mol. The molecule has 0 spiro atoms. The van der Waals surface area contributed by atoms with E-state index in [1.54, 1.807) is 6.33 Å². The third-order valence-corrected chi connectivity index (χ3v) is 5.35. The standard InChI is InChI=1S/C19H24N4O3/c1-19(10-14-3-4-15-16(9-14)26-13-25-15)7-5-18(24)23(11-19)8-6-17-21-20-12-22(17)2/h3-4,9,12H,5-8,10-11,13H2,1-2H3/t19-/m0/s1. The van der Waals surface area contributed by atoms with Crippen LogP contribution in [0.3, 0.4) is 0 Å². The molecule has 4 rings (SSSR count). The van der Waals surface area contributed by atoms with Gasteiger partial charge in [-0.25, -0.2) is 0 Å². The minimum atomic E-state index is 0.0570. The van der Waals surface area contributed by atoms with Crippen LogP contribution in [0.1, 0.15) is 31.2 Å². The van der Waals surface area contributed by atoms with Crippen LogP contribution in [-0.4, -0.2) is 45.5 Å². The maximum Gasteiger partial charge on any atom is 0.231 e. The van der Waals surface area contributed by atoms with Crippen LogP contribution in [-0.2, 0) is 24.7 Å². The smallest absolute Gasteiger partial charge is 0.231 e. The maximum atomic E-state index is 12.4. The van der Waals surface area contributed by atoms with Crippen molar-refractivity contribution >= 4 is 5.91 Å². The lowest BCUT2D eigenvalue weighted by Gasteiger charge is -2.40. The number of hydrogen-bond donors (Lipinski definition) is 0. The van der Waals surface area contributed by atoms with Gasteiger partial charge in [-0.05, 0) is 36.0 Å². The van der Waals surface area contributed by atoms with Gasteiger partial charge in [-0.2, -0.15) is 0 Å². The molecule has 0 unspecified atom stereocenters. The Labute approximate surface area is 152 Å². The highest BCUT2D eigenvalue weighted by atomic mass is 16.7. The molecule has 2 aliphatic heterocycles. The Morgan fingerprint density at radius 2 is 2.12 bits per heavy atom. The van der Waals surface area contributed by atoms with Gasteiger partial charge in [-0.15, -0.1) is 10.2 Å². The summed E-state index contributed by atoms with van der Waals surface area (Å²) in [6, 6.07) is 6.13. The van der Waals surface area contributed by atoms with Gasteiger partial charge < -0.3 is 18.9 Å². The Hall–Kier alpha value is -2.57. The fourth-order valence-corrected chi connectivity index (χ4v) is 3.86. The molecule has 1 aromatic heterocycles. The number of amides is 1. The molecule has 26 heavy (non-hydrogen) atoms. The van der Waals surface area contributed by atoms with E-state index in [-0.39, 0.29) is 11.3 Å². The second-order valence-electron chi connectivity index (χ2n) is 7.60. The van der Waals surface area contributed by atoms with Crippen molar-refractivity contribution in [1.82, 2.24) is 19.7 Å². The highest BCUT2D eigenvalue weighted by molar-refractivity contribution is 5.77. The SMILES string of the molecule is Cn1cnnc1CCN1C[C@](C)(Cc2ccc3c(c2)OCO3)CCC1=O. The molecule has 1 amide bonds. The number of ether oxygens (including phenoxy) is 2. The van der Waals surface area contributed by atoms with Crippen LogP contribution >= 0.6 is 0 Å². The normalized spacial score (nSPS) is 22.1. The molecule has 3 heterocycles. The summed E-state index contributed by atoms with van der Waals surface area (Å²) in [5.74, 6) is 2.76. The summed E-state index contributed by atoms with van der Waals surface area (Å²) in [4.78, 5) is 14.4. The molecule has 2 aromatic rings. The van der Waals surface area contributed by atoms with E-state index in [0.717, 1.165) is 43.1 Å². The fraction of sp³-hybridized carbons (Fsp3) is 0.526. The molecular formula is C19H24N4O3. The first-order valence-electron chi connectivity index (χ1n) is 9.02. The van der Waals surface area contributed by atoms with Crippen molar-refractivity contribution < 1.29 is 14.3 Å². The van der Waals surface area contributed by atoms with Gasteiger partial charge in [-0.3, -0.25) is 4.79 Å². The Kier molecular flexibility index (Phi) is 4.30. The molecule has 0 saturated carbocycles. The van der Waals surface area contributed by atoms with Crippen molar-refractivity contribution in [3.63, 3.8) is 0 Å². The summed E-state index contributed by atoms with van der Waals surface area (Å²) < 4.78 is 12.8. The summed E-state index contributed by atoms with van der Waals surface area (Å²) in [5, 5.41) is 8.02. The Balaban J connectivity index is 1.42. The van der Waals surface area contributed by atoms with Crippen LogP contribution in [0.4, 0.5) is 0 Å². The molecule has 1 atom stereocenters. The van der Waals surface area contributed by atoms with Gasteiger partial charge in [0, 0.05) is 33.0 Å². The van der Waals surface area contributed by atoms with Crippen LogP contribution in [0, 0.1) is 5.41 Å². The van der Waals surface area contributed by atoms with E-state index < -0.39 is 0 Å². The predicted molar refractivity (Wildman–Crippen MR) is 94.9 cm³/mol. The molecule has 7 heteroatoms. The minimum absolute atomic E-state index is 0.0570. The number of rotatable bonds is 5. The summed E-state index contributed by atoms with van der Waals surface area (Å²) in [7, 11) is 1.93. The second kappa shape index (κ2) is 6.63. The van der Waals surface area contributed by atoms with Crippen LogP contribution in [0.25, 0.3) is 0 Å². The minimum Gasteiger partial charge on any atom is -0.454 e. The molecule has 7 nitrogen and oxygen atoms in total. The van der Waals surface area contributed by atoms with Crippen LogP contribution < -0.4 is 9.47 Å². The zero-order chi connectivity index (χ0) is 18.1. The average Bonchev–Trinajstić information content (AvgIpc) is 3.24. The van der Waals surface area contributed by atoms with E-state index in [1.807, 2.05) is 22.6 Å². The summed E-state index contributed by atoms with van der Waals surface area (Å²) in [6.07, 6.45) is 4.83. The molecule has 138 valence electrons. The van der Waals surface area contributed by atoms with Crippen molar-refractivity contribution in [3.8, 4) is 11.5 Å². The third-order valence-electron chi connectivity index (χ3n) is 5.35. The molecule has 0 bridgehead atoms. The maximum absolute atomic E-state index is 12.4. The monoisotopic (exact) mass is 356 g/mol. The number of nitrogens with zero attached hydrogens (tertiary/aromatic N) is 4. The molecule has 0 radical (unpaired) electrons. The highest BCUT2D eigenvalue weighted by Gasteiger charge is 2.35. The van der Waals surface area contributed by atoms with Gasteiger partial charge in [0.25, 0.3) is 0 Å². The number of aryl methyl sites for hydroxylation is 1. The van der Waals surface area contributed by atoms with E-state index in [2.05, 4.69) is 29.3 Å². The Bertz CT molecular complexity index is 819. The predicted octanol–water partition coefficient (Wildman–Crippen LogP) is 1.96. The number of likely N-dealkylation sites (tertiary alicyclic amines) is 1. The lowest BCUT2D eigenvalue weighted by atomic mass is 9.76. The first-order chi connectivity index (χ1) is 12.5. The van der Waals surface area contributed by atoms with Crippen molar-refractivity contribution in [2.24, 2.45) is 12.5 Å². The van der Waals surface area contributed by atoms with E-state index in [9.17, 15) is 4.79 Å². The van der Waals surface area contributed by atoms with Crippen LogP contribution in [0.2, 0.25) is 0 Å². The van der Waals surface area contributed by atoms with Crippen molar-refractivity contribution in [3.05, 3.63) is 35.9 Å². The highest BCUT2D eigenvalue weighted by Crippen LogP contribution is 2.37. The summed E-state index contributed by atoms with van der Waals surface area (Å²) in [5.41, 5.74) is 1.28. The number of carbonyl (C=O) groups excluding carboxylic acids is 1. The fourth-order valence-electron chi connectivity index (χ4n) is 3.86. The number of benzene rings is 1. The largest absolute Gasteiger partial charge is 0.454 e. The Morgan fingerprint density at radius 3 is 2.92 bits per heavy atom. The lowest BCUT2D eigenvalue weighted by Crippen LogP contribution is -2.47. The van der Waals surface area contributed by atoms with Gasteiger partial charge in [0.2, 0.25) is 12.7 Å². The van der Waals surface area contributed by atoms with Crippen LogP contribution in [0.5, 0.6) is 11.5 Å². The van der Waals surface area contributed by atoms with Gasteiger partial charge in [0.1, 0.15) is 12.2 Å². The van der Waals surface area contributed by atoms with E-state index in [4.69, 9.17) is 9.47 Å². The number of piperidine rings is 1. The van der Waals surface area contributed by atoms with E-state index in [0.29, 0.717) is 19.8 Å². The lowest BCUT2D eigenvalue weighted by molar-refractivity contribution is -0.137. The quantitative estimate of drug-likeness (QED) is 0.819. The molecular weight excluding hydrogens is 332 g/mol. The number of fused-ring (bicyclic) bond motifs is 1. The molecule has 1 aromatic carbocycles. The molecule has 0 N–H and O–H groups in total. The zero-order valence-electron chi connectivity index (χ0n) is 15.3. The van der Waals surface area contributed by atoms with E-state index in [1.165, 1.54) is 5.56 Å². The van der Waals surface area contributed by atoms with Crippen LogP contribution in [0.15, 0.2) is 24.5 Å². The van der Waals surface area contributed by atoms with Crippen molar-refractivity contribution in [2.75, 3.05) is 19.9 Å². The first kappa shape index (κ1) is 16.9. The molecule has 1 fully saturated rings. The van der Waals surface area contributed by atoms with Gasteiger partial charge in [0.15, 0.2) is 11.5 Å². The summed E-state index contributed by atoms with van der Waals surface area (Å²) in [6.45, 7) is 4.00. The molecule has 1 saturated heterocycles.